The van der Waals surface area contributed by atoms with E-state index in [0.717, 1.165) is 25.1 Å². The van der Waals surface area contributed by atoms with Crippen molar-refractivity contribution in [2.45, 2.75) is 32.7 Å². The van der Waals surface area contributed by atoms with Gasteiger partial charge in [-0.1, -0.05) is 6.92 Å². The van der Waals surface area contributed by atoms with Gasteiger partial charge in [-0.25, -0.2) is 0 Å². The molecule has 0 bridgehead atoms. The van der Waals surface area contributed by atoms with E-state index in [1.165, 1.54) is 6.07 Å². The summed E-state index contributed by atoms with van der Waals surface area (Å²) in [5, 5.41) is 14.3. The van der Waals surface area contributed by atoms with Gasteiger partial charge >= 0.3 is 5.69 Å². The Morgan fingerprint density at radius 3 is 2.71 bits per heavy atom. The van der Waals surface area contributed by atoms with Crippen LogP contribution < -0.4 is 10.1 Å². The molecule has 0 fully saturated rings. The first kappa shape index (κ1) is 17.2. The maximum atomic E-state index is 11.0. The molecule has 1 rings (SSSR count). The first-order valence-corrected chi connectivity index (χ1v) is 7.26. The van der Waals surface area contributed by atoms with Gasteiger partial charge in [-0.15, -0.1) is 0 Å². The number of nitro groups is 1. The number of nitrogens with one attached hydrogen (secondary N) is 1. The topological polar surface area (TPSA) is 67.6 Å². The summed E-state index contributed by atoms with van der Waals surface area (Å²) in [4.78, 5) is 12.7. The average molecular weight is 295 g/mol. The van der Waals surface area contributed by atoms with Crippen molar-refractivity contribution >= 4 is 11.4 Å². The highest BCUT2D eigenvalue weighted by Crippen LogP contribution is 2.30. The van der Waals surface area contributed by atoms with E-state index in [-0.39, 0.29) is 11.7 Å². The van der Waals surface area contributed by atoms with Crippen LogP contribution in [-0.2, 0) is 0 Å². The molecule has 6 heteroatoms. The van der Waals surface area contributed by atoms with Crippen LogP contribution in [0.4, 0.5) is 11.4 Å². The van der Waals surface area contributed by atoms with E-state index in [4.69, 9.17) is 4.74 Å². The minimum Gasteiger partial charge on any atom is -0.487 e. The molecule has 1 N–H and O–H groups in total. The Bertz CT molecular complexity index is 463. The lowest BCUT2D eigenvalue weighted by molar-refractivity contribution is -0.385. The van der Waals surface area contributed by atoms with E-state index in [1.807, 2.05) is 21.0 Å². The molecule has 0 radical (unpaired) electrons. The molecule has 0 amide bonds. The molecule has 1 aromatic rings. The van der Waals surface area contributed by atoms with E-state index in [2.05, 4.69) is 17.1 Å². The Morgan fingerprint density at radius 1 is 1.43 bits per heavy atom. The fourth-order valence-corrected chi connectivity index (χ4v) is 1.89. The van der Waals surface area contributed by atoms with Gasteiger partial charge in [0.1, 0.15) is 0 Å². The van der Waals surface area contributed by atoms with Crippen molar-refractivity contribution in [3.63, 3.8) is 0 Å². The predicted molar refractivity (Wildman–Crippen MR) is 85.1 cm³/mol. The molecule has 0 aliphatic carbocycles. The fourth-order valence-electron chi connectivity index (χ4n) is 1.89. The van der Waals surface area contributed by atoms with E-state index in [1.54, 1.807) is 12.1 Å². The molecule has 21 heavy (non-hydrogen) atoms. The number of hydrogen-bond donors (Lipinski definition) is 1. The van der Waals surface area contributed by atoms with Crippen molar-refractivity contribution in [2.24, 2.45) is 0 Å². The Hall–Kier alpha value is -1.82. The quantitative estimate of drug-likeness (QED) is 0.560. The monoisotopic (exact) mass is 295 g/mol. The number of nitrogens with zero attached hydrogens (tertiary/aromatic N) is 2. The molecule has 1 unspecified atom stereocenters. The molecule has 0 aromatic heterocycles. The van der Waals surface area contributed by atoms with Gasteiger partial charge in [0.15, 0.2) is 5.75 Å². The van der Waals surface area contributed by atoms with Gasteiger partial charge < -0.3 is 15.0 Å². The molecular weight excluding hydrogens is 270 g/mol. The maximum Gasteiger partial charge on any atom is 0.311 e. The van der Waals surface area contributed by atoms with Gasteiger partial charge in [0.25, 0.3) is 0 Å². The predicted octanol–water partition coefficient (Wildman–Crippen LogP) is 3.14. The average Bonchev–Trinajstić information content (AvgIpc) is 2.42. The smallest absolute Gasteiger partial charge is 0.311 e. The summed E-state index contributed by atoms with van der Waals surface area (Å²) in [5.74, 6) is 0.326. The Balaban J connectivity index is 2.76. The highest BCUT2D eigenvalue weighted by atomic mass is 16.6. The fraction of sp³-hybridized carbons (Fsp3) is 0.600. The molecule has 0 saturated heterocycles. The van der Waals surface area contributed by atoms with Crippen LogP contribution >= 0.6 is 0 Å². The molecule has 0 aliphatic rings. The molecule has 1 aromatic carbocycles. The Morgan fingerprint density at radius 2 is 2.14 bits per heavy atom. The Labute approximate surface area is 126 Å². The second-order valence-electron chi connectivity index (χ2n) is 5.43. The number of hydrogen-bond acceptors (Lipinski definition) is 5. The van der Waals surface area contributed by atoms with Crippen molar-refractivity contribution in [1.29, 1.82) is 0 Å². The molecule has 6 nitrogen and oxygen atoms in total. The number of benzene rings is 1. The molecule has 0 saturated carbocycles. The zero-order valence-corrected chi connectivity index (χ0v) is 13.3. The molecule has 0 spiro atoms. The van der Waals surface area contributed by atoms with E-state index >= 15 is 0 Å². The van der Waals surface area contributed by atoms with Crippen molar-refractivity contribution < 1.29 is 9.66 Å². The van der Waals surface area contributed by atoms with Crippen LogP contribution in [-0.4, -0.2) is 43.1 Å². The van der Waals surface area contributed by atoms with E-state index < -0.39 is 4.92 Å². The van der Waals surface area contributed by atoms with Gasteiger partial charge in [-0.3, -0.25) is 10.1 Å². The number of anilines is 1. The van der Waals surface area contributed by atoms with E-state index in [9.17, 15) is 10.1 Å². The van der Waals surface area contributed by atoms with Gasteiger partial charge in [-0.2, -0.15) is 0 Å². The third kappa shape index (κ3) is 5.99. The summed E-state index contributed by atoms with van der Waals surface area (Å²) in [6.45, 7) is 5.52. The largest absolute Gasteiger partial charge is 0.487 e. The molecule has 1 atom stereocenters. The lowest BCUT2D eigenvalue weighted by Gasteiger charge is -2.18. The summed E-state index contributed by atoms with van der Waals surface area (Å²) in [5.41, 5.74) is 0.855. The van der Waals surface area contributed by atoms with Gasteiger partial charge in [-0.05, 0) is 46.5 Å². The zero-order valence-electron chi connectivity index (χ0n) is 13.3. The van der Waals surface area contributed by atoms with Crippen LogP contribution in [0.2, 0.25) is 0 Å². The number of ether oxygens (including phenoxy) is 1. The van der Waals surface area contributed by atoms with Crippen LogP contribution in [0.3, 0.4) is 0 Å². The minimum atomic E-state index is -0.412. The highest BCUT2D eigenvalue weighted by molar-refractivity contribution is 5.58. The maximum absolute atomic E-state index is 11.0. The summed E-state index contributed by atoms with van der Waals surface area (Å²) >= 11 is 0. The van der Waals surface area contributed by atoms with Crippen LogP contribution in [0.1, 0.15) is 26.7 Å². The molecular formula is C15H25N3O3. The van der Waals surface area contributed by atoms with Crippen molar-refractivity contribution in [1.82, 2.24) is 4.90 Å². The standard InChI is InChI=1S/C15H25N3O3/c1-5-10-21-15-11-13(6-7-14(15)18(19)20)16-12(2)8-9-17(3)4/h6-7,11-12,16H,5,8-10H2,1-4H3. The van der Waals surface area contributed by atoms with Crippen molar-refractivity contribution in [3.8, 4) is 5.75 Å². The SMILES string of the molecule is CCCOc1cc(NC(C)CCN(C)C)ccc1[N+](=O)[O-]. The Kier molecular flexibility index (Phi) is 6.94. The van der Waals surface area contributed by atoms with Crippen LogP contribution in [0.5, 0.6) is 5.75 Å². The summed E-state index contributed by atoms with van der Waals surface area (Å²) in [6, 6.07) is 5.21. The first-order chi connectivity index (χ1) is 9.93. The molecule has 0 aliphatic heterocycles. The third-order valence-corrected chi connectivity index (χ3v) is 3.04. The van der Waals surface area contributed by atoms with Gasteiger partial charge in [0.05, 0.1) is 11.5 Å². The lowest BCUT2D eigenvalue weighted by atomic mass is 10.2. The minimum absolute atomic E-state index is 0.00921. The molecule has 118 valence electrons. The van der Waals surface area contributed by atoms with Crippen LogP contribution in [0.25, 0.3) is 0 Å². The third-order valence-electron chi connectivity index (χ3n) is 3.04. The second-order valence-corrected chi connectivity index (χ2v) is 5.43. The van der Waals surface area contributed by atoms with Crippen molar-refractivity contribution in [2.75, 3.05) is 32.6 Å². The van der Waals surface area contributed by atoms with E-state index in [0.29, 0.717) is 12.4 Å². The van der Waals surface area contributed by atoms with Crippen molar-refractivity contribution in [3.05, 3.63) is 28.3 Å². The summed E-state index contributed by atoms with van der Waals surface area (Å²) < 4.78 is 5.48. The van der Waals surface area contributed by atoms with Gasteiger partial charge in [0.2, 0.25) is 0 Å². The molecule has 0 heterocycles. The summed E-state index contributed by atoms with van der Waals surface area (Å²) in [7, 11) is 4.07. The number of rotatable bonds is 9. The highest BCUT2D eigenvalue weighted by Gasteiger charge is 2.16. The second kappa shape index (κ2) is 8.46. The van der Waals surface area contributed by atoms with Crippen LogP contribution in [0, 0.1) is 10.1 Å². The van der Waals surface area contributed by atoms with Gasteiger partial charge in [0, 0.05) is 23.9 Å². The van der Waals surface area contributed by atoms with Crippen LogP contribution in [0.15, 0.2) is 18.2 Å². The first-order valence-electron chi connectivity index (χ1n) is 7.26. The number of nitro benzene ring substituents is 1. The lowest BCUT2D eigenvalue weighted by Crippen LogP contribution is -2.23. The summed E-state index contributed by atoms with van der Waals surface area (Å²) in [6.07, 6.45) is 1.81. The normalized spacial score (nSPS) is 12.2. The zero-order chi connectivity index (χ0) is 15.8.